The van der Waals surface area contributed by atoms with Gasteiger partial charge < -0.3 is 4.40 Å². The third kappa shape index (κ3) is 2.63. The number of nitrogens with zero attached hydrogens (tertiary/aromatic N) is 3. The van der Waals surface area contributed by atoms with Crippen LogP contribution < -0.4 is 5.56 Å². The first kappa shape index (κ1) is 15.3. The number of fused-ring (bicyclic) bond motifs is 1. The summed E-state index contributed by atoms with van der Waals surface area (Å²) in [4.78, 5) is 17.3. The molecular weight excluding hydrogens is 317 g/mol. The van der Waals surface area contributed by atoms with Crippen LogP contribution in [0.1, 0.15) is 11.1 Å². The molecule has 0 spiro atoms. The van der Waals surface area contributed by atoms with Gasteiger partial charge in [0.05, 0.1) is 5.69 Å². The summed E-state index contributed by atoms with van der Waals surface area (Å²) in [7, 11) is 0. The third-order valence-corrected chi connectivity index (χ3v) is 4.29. The monoisotopic (exact) mass is 333 g/mol. The first-order valence-corrected chi connectivity index (χ1v) is 7.97. The highest BCUT2D eigenvalue weighted by atomic mass is 19.1. The zero-order valence-corrected chi connectivity index (χ0v) is 13.9. The number of rotatable bonds is 2. The lowest BCUT2D eigenvalue weighted by Crippen LogP contribution is -2.19. The molecule has 2 aromatic carbocycles. The zero-order valence-electron chi connectivity index (χ0n) is 13.9. The third-order valence-electron chi connectivity index (χ3n) is 4.29. The van der Waals surface area contributed by atoms with Crippen LogP contribution in [-0.4, -0.2) is 14.0 Å². The fourth-order valence-electron chi connectivity index (χ4n) is 2.93. The van der Waals surface area contributed by atoms with Crippen LogP contribution in [0.5, 0.6) is 0 Å². The number of imidazole rings is 1. The Morgan fingerprint density at radius 2 is 1.76 bits per heavy atom. The van der Waals surface area contributed by atoms with E-state index >= 15 is 0 Å². The maximum absolute atomic E-state index is 13.1. The Morgan fingerprint density at radius 3 is 2.52 bits per heavy atom. The molecule has 0 aliphatic rings. The topological polar surface area (TPSA) is 39.3 Å². The molecule has 0 N–H and O–H groups in total. The molecule has 0 radical (unpaired) electrons. The summed E-state index contributed by atoms with van der Waals surface area (Å²) < 4.78 is 16.3. The van der Waals surface area contributed by atoms with Gasteiger partial charge in [0.1, 0.15) is 5.82 Å². The van der Waals surface area contributed by atoms with Gasteiger partial charge in [-0.25, -0.2) is 9.37 Å². The number of hydrogen-bond donors (Lipinski definition) is 0. The van der Waals surface area contributed by atoms with Crippen molar-refractivity contribution < 1.29 is 4.39 Å². The molecule has 25 heavy (non-hydrogen) atoms. The lowest BCUT2D eigenvalue weighted by molar-refractivity contribution is 0.627. The van der Waals surface area contributed by atoms with Crippen molar-refractivity contribution in [3.63, 3.8) is 0 Å². The first-order chi connectivity index (χ1) is 12.0. The van der Waals surface area contributed by atoms with Crippen molar-refractivity contribution in [2.45, 2.75) is 13.8 Å². The molecule has 0 atom stereocenters. The molecule has 4 nitrogen and oxygen atoms in total. The minimum Gasteiger partial charge on any atom is -0.300 e. The normalized spacial score (nSPS) is 11.2. The molecule has 0 bridgehead atoms. The van der Waals surface area contributed by atoms with Crippen LogP contribution in [0.15, 0.2) is 65.8 Å². The van der Waals surface area contributed by atoms with E-state index in [1.807, 2.05) is 26.1 Å². The van der Waals surface area contributed by atoms with E-state index in [0.29, 0.717) is 11.3 Å². The molecule has 0 fully saturated rings. The molecule has 4 rings (SSSR count). The fraction of sp³-hybridized carbons (Fsp3) is 0.100. The minimum absolute atomic E-state index is 0.245. The Kier molecular flexibility index (Phi) is 3.50. The Bertz CT molecular complexity index is 1140. The maximum Gasteiger partial charge on any atom is 0.298 e. The Balaban J connectivity index is 1.90. The molecule has 0 aliphatic heterocycles. The SMILES string of the molecule is Cc1ccc(C)c(-c2cn3ccn(-c4ccc(F)cc4)c(=O)c3n2)c1. The van der Waals surface area contributed by atoms with Gasteiger partial charge in [0.25, 0.3) is 5.56 Å². The van der Waals surface area contributed by atoms with E-state index in [2.05, 4.69) is 17.1 Å². The number of hydrogen-bond acceptors (Lipinski definition) is 2. The van der Waals surface area contributed by atoms with Crippen molar-refractivity contribution in [2.75, 3.05) is 0 Å². The highest BCUT2D eigenvalue weighted by Gasteiger charge is 2.12. The minimum atomic E-state index is -0.337. The van der Waals surface area contributed by atoms with Crippen LogP contribution >= 0.6 is 0 Å². The van der Waals surface area contributed by atoms with Gasteiger partial charge in [-0.05, 0) is 49.7 Å². The molecule has 0 unspecified atom stereocenters. The predicted molar refractivity (Wildman–Crippen MR) is 95.7 cm³/mol. The van der Waals surface area contributed by atoms with Crippen LogP contribution in [0.25, 0.3) is 22.6 Å². The molecule has 2 aromatic heterocycles. The fourth-order valence-corrected chi connectivity index (χ4v) is 2.93. The second-order valence-corrected chi connectivity index (χ2v) is 6.13. The van der Waals surface area contributed by atoms with Crippen LogP contribution in [0, 0.1) is 19.7 Å². The summed E-state index contributed by atoms with van der Waals surface area (Å²) in [6.07, 6.45) is 5.30. The van der Waals surface area contributed by atoms with Gasteiger partial charge in [0.2, 0.25) is 5.65 Å². The number of aromatic nitrogens is 3. The highest BCUT2D eigenvalue weighted by molar-refractivity contribution is 5.66. The molecule has 0 amide bonds. The van der Waals surface area contributed by atoms with Gasteiger partial charge in [0, 0.05) is 29.8 Å². The summed E-state index contributed by atoms with van der Waals surface area (Å²) in [5.74, 6) is -0.337. The van der Waals surface area contributed by atoms with E-state index < -0.39 is 0 Å². The number of aryl methyl sites for hydroxylation is 2. The van der Waals surface area contributed by atoms with Gasteiger partial charge in [-0.3, -0.25) is 9.36 Å². The maximum atomic E-state index is 13.1. The smallest absolute Gasteiger partial charge is 0.298 e. The van der Waals surface area contributed by atoms with Gasteiger partial charge in [-0.15, -0.1) is 0 Å². The number of halogens is 1. The van der Waals surface area contributed by atoms with Crippen molar-refractivity contribution in [1.29, 1.82) is 0 Å². The van der Waals surface area contributed by atoms with Crippen molar-refractivity contribution in [3.05, 3.63) is 88.4 Å². The summed E-state index contributed by atoms with van der Waals surface area (Å²) in [5.41, 5.74) is 4.71. The average Bonchev–Trinajstić information content (AvgIpc) is 3.03. The van der Waals surface area contributed by atoms with Gasteiger partial charge in [-0.1, -0.05) is 17.7 Å². The largest absolute Gasteiger partial charge is 0.300 e. The lowest BCUT2D eigenvalue weighted by Gasteiger charge is -2.05. The molecule has 4 aromatic rings. The molecule has 0 aliphatic carbocycles. The van der Waals surface area contributed by atoms with Crippen LogP contribution in [0.3, 0.4) is 0 Å². The lowest BCUT2D eigenvalue weighted by atomic mass is 10.0. The zero-order chi connectivity index (χ0) is 17.6. The Morgan fingerprint density at radius 1 is 1.00 bits per heavy atom. The molecule has 124 valence electrons. The van der Waals surface area contributed by atoms with E-state index in [9.17, 15) is 9.18 Å². The van der Waals surface area contributed by atoms with E-state index in [1.54, 1.807) is 28.9 Å². The summed E-state index contributed by atoms with van der Waals surface area (Å²) in [6, 6.07) is 12.0. The molecular formula is C20H16FN3O. The van der Waals surface area contributed by atoms with Crippen molar-refractivity contribution in [2.24, 2.45) is 0 Å². The first-order valence-electron chi connectivity index (χ1n) is 7.97. The van der Waals surface area contributed by atoms with Crippen molar-refractivity contribution in [1.82, 2.24) is 14.0 Å². The number of benzene rings is 2. The van der Waals surface area contributed by atoms with E-state index in [-0.39, 0.29) is 11.4 Å². The summed E-state index contributed by atoms with van der Waals surface area (Å²) in [5, 5.41) is 0. The molecule has 5 heteroatoms. The molecule has 2 heterocycles. The predicted octanol–water partition coefficient (Wildman–Crippen LogP) is 3.91. The van der Waals surface area contributed by atoms with Crippen LogP contribution in [0.2, 0.25) is 0 Å². The second-order valence-electron chi connectivity index (χ2n) is 6.13. The Labute approximate surface area is 143 Å². The molecule has 0 saturated carbocycles. The van der Waals surface area contributed by atoms with E-state index in [4.69, 9.17) is 0 Å². The van der Waals surface area contributed by atoms with E-state index in [1.165, 1.54) is 16.7 Å². The van der Waals surface area contributed by atoms with Gasteiger partial charge in [0.15, 0.2) is 0 Å². The van der Waals surface area contributed by atoms with Crippen LogP contribution in [-0.2, 0) is 0 Å². The van der Waals surface area contributed by atoms with Crippen LogP contribution in [0.4, 0.5) is 4.39 Å². The summed E-state index contributed by atoms with van der Waals surface area (Å²) in [6.45, 7) is 4.05. The van der Waals surface area contributed by atoms with Crippen molar-refractivity contribution >= 4 is 5.65 Å². The van der Waals surface area contributed by atoms with Crippen molar-refractivity contribution in [3.8, 4) is 16.9 Å². The highest BCUT2D eigenvalue weighted by Crippen LogP contribution is 2.23. The van der Waals surface area contributed by atoms with Gasteiger partial charge in [-0.2, -0.15) is 0 Å². The quantitative estimate of drug-likeness (QED) is 0.558. The standard InChI is InChI=1S/C20H16FN3O/c1-13-3-4-14(2)17(11-13)18-12-23-9-10-24(20(25)19(23)22-18)16-7-5-15(21)6-8-16/h3-12H,1-2H3. The Hall–Kier alpha value is -3.21. The second kappa shape index (κ2) is 5.70. The average molecular weight is 333 g/mol. The van der Waals surface area contributed by atoms with E-state index in [0.717, 1.165) is 22.4 Å². The summed E-state index contributed by atoms with van der Waals surface area (Å²) >= 11 is 0. The van der Waals surface area contributed by atoms with Gasteiger partial charge >= 0.3 is 0 Å². The molecule has 0 saturated heterocycles.